The predicted octanol–water partition coefficient (Wildman–Crippen LogP) is 3.53. The zero-order valence-electron chi connectivity index (χ0n) is 11.6. The van der Waals surface area contributed by atoms with E-state index in [0.29, 0.717) is 4.90 Å². The van der Waals surface area contributed by atoms with E-state index in [-0.39, 0.29) is 0 Å². The fourth-order valence-corrected chi connectivity index (χ4v) is 3.18. The average molecular weight is 270 g/mol. The van der Waals surface area contributed by atoms with Crippen molar-refractivity contribution in [2.45, 2.75) is 57.5 Å². The number of aryl methyl sites for hydroxylation is 1. The maximum absolute atomic E-state index is 12.2. The van der Waals surface area contributed by atoms with E-state index in [0.717, 1.165) is 24.8 Å². The van der Waals surface area contributed by atoms with Crippen molar-refractivity contribution in [3.05, 3.63) is 29.8 Å². The van der Waals surface area contributed by atoms with Gasteiger partial charge in [0.05, 0.1) is 10.5 Å². The van der Waals surface area contributed by atoms with Gasteiger partial charge in [-0.3, -0.25) is 4.18 Å². The summed E-state index contributed by atoms with van der Waals surface area (Å²) in [5, 5.41) is 0. The van der Waals surface area contributed by atoms with Crippen molar-refractivity contribution in [3.8, 4) is 0 Å². The van der Waals surface area contributed by atoms with Crippen LogP contribution in [0.5, 0.6) is 0 Å². The maximum Gasteiger partial charge on any atom is 0.297 e. The lowest BCUT2D eigenvalue weighted by molar-refractivity contribution is 0.139. The lowest BCUT2D eigenvalue weighted by Crippen LogP contribution is -2.24. The van der Waals surface area contributed by atoms with Crippen LogP contribution in [0.4, 0.5) is 0 Å². The second-order valence-electron chi connectivity index (χ2n) is 5.36. The first kappa shape index (κ1) is 15.2. The molecule has 0 unspecified atom stereocenters. The summed E-state index contributed by atoms with van der Waals surface area (Å²) in [5.74, 6) is 0. The Kier molecular flexibility index (Phi) is 4.93. The van der Waals surface area contributed by atoms with E-state index in [1.54, 1.807) is 32.9 Å². The van der Waals surface area contributed by atoms with Crippen LogP contribution in [0.1, 0.15) is 46.1 Å². The third kappa shape index (κ3) is 4.42. The summed E-state index contributed by atoms with van der Waals surface area (Å²) < 4.78 is 29.6. The van der Waals surface area contributed by atoms with Gasteiger partial charge >= 0.3 is 0 Å². The molecule has 18 heavy (non-hydrogen) atoms. The molecule has 0 amide bonds. The molecular formula is C14H22O3S. The monoisotopic (exact) mass is 270 g/mol. The Morgan fingerprint density at radius 2 is 1.78 bits per heavy atom. The molecule has 0 N–H and O–H groups in total. The number of benzene rings is 1. The van der Waals surface area contributed by atoms with E-state index < -0.39 is 15.7 Å². The molecule has 0 heterocycles. The first-order valence-corrected chi connectivity index (χ1v) is 7.70. The molecule has 0 radical (unpaired) electrons. The Labute approximate surface area is 110 Å². The molecular weight excluding hydrogens is 248 g/mol. The van der Waals surface area contributed by atoms with Crippen LogP contribution in [0.15, 0.2) is 29.2 Å². The molecule has 0 atom stereocenters. The fraction of sp³-hybridized carbons (Fsp3) is 0.571. The summed E-state index contributed by atoms with van der Waals surface area (Å²) in [7, 11) is -3.68. The Hall–Kier alpha value is -0.870. The topological polar surface area (TPSA) is 43.4 Å². The standard InChI is InChI=1S/C14H22O3S/c1-5-6-9-12-10-7-8-11-13(12)18(15,16)17-14(2,3)4/h7-8,10-11H,5-6,9H2,1-4H3. The van der Waals surface area contributed by atoms with E-state index in [9.17, 15) is 8.42 Å². The van der Waals surface area contributed by atoms with E-state index in [1.807, 2.05) is 12.1 Å². The summed E-state index contributed by atoms with van der Waals surface area (Å²) in [5.41, 5.74) is 0.125. The highest BCUT2D eigenvalue weighted by Crippen LogP contribution is 2.23. The molecule has 0 aliphatic carbocycles. The van der Waals surface area contributed by atoms with Crippen LogP contribution >= 0.6 is 0 Å². The van der Waals surface area contributed by atoms with Crippen molar-refractivity contribution in [1.29, 1.82) is 0 Å². The smallest absolute Gasteiger partial charge is 0.261 e. The van der Waals surface area contributed by atoms with Crippen LogP contribution in [0.3, 0.4) is 0 Å². The SMILES string of the molecule is CCCCc1ccccc1S(=O)(=O)OC(C)(C)C. The first-order chi connectivity index (χ1) is 8.26. The molecule has 1 aromatic rings. The predicted molar refractivity (Wildman–Crippen MR) is 73.1 cm³/mol. The molecule has 0 aliphatic heterocycles. The lowest BCUT2D eigenvalue weighted by atomic mass is 10.1. The van der Waals surface area contributed by atoms with Crippen molar-refractivity contribution >= 4 is 10.1 Å². The van der Waals surface area contributed by atoms with Crippen molar-refractivity contribution in [2.75, 3.05) is 0 Å². The molecule has 0 bridgehead atoms. The molecule has 1 aromatic carbocycles. The summed E-state index contributed by atoms with van der Waals surface area (Å²) in [6.07, 6.45) is 2.77. The average Bonchev–Trinajstić information content (AvgIpc) is 2.23. The van der Waals surface area contributed by atoms with Gasteiger partial charge in [-0.2, -0.15) is 8.42 Å². The van der Waals surface area contributed by atoms with Gasteiger partial charge in [-0.1, -0.05) is 31.5 Å². The normalized spacial score (nSPS) is 12.7. The minimum atomic E-state index is -3.68. The van der Waals surface area contributed by atoms with Crippen LogP contribution in [-0.4, -0.2) is 14.0 Å². The van der Waals surface area contributed by atoms with Crippen LogP contribution in [0, 0.1) is 0 Å². The molecule has 0 spiro atoms. The van der Waals surface area contributed by atoms with Gasteiger partial charge in [-0.15, -0.1) is 0 Å². The summed E-state index contributed by atoms with van der Waals surface area (Å²) in [6, 6.07) is 7.07. The van der Waals surface area contributed by atoms with Crippen LogP contribution in [-0.2, 0) is 20.7 Å². The Morgan fingerprint density at radius 1 is 1.17 bits per heavy atom. The van der Waals surface area contributed by atoms with E-state index in [1.165, 1.54) is 0 Å². The number of hydrogen-bond donors (Lipinski definition) is 0. The van der Waals surface area contributed by atoms with Gasteiger partial charge in [-0.05, 0) is 45.2 Å². The second kappa shape index (κ2) is 5.85. The van der Waals surface area contributed by atoms with Gasteiger partial charge in [-0.25, -0.2) is 0 Å². The molecule has 3 nitrogen and oxygen atoms in total. The zero-order valence-corrected chi connectivity index (χ0v) is 12.4. The molecule has 102 valence electrons. The number of rotatable bonds is 5. The van der Waals surface area contributed by atoms with Gasteiger partial charge < -0.3 is 0 Å². The molecule has 0 saturated heterocycles. The van der Waals surface area contributed by atoms with Crippen molar-refractivity contribution < 1.29 is 12.6 Å². The quantitative estimate of drug-likeness (QED) is 0.769. The van der Waals surface area contributed by atoms with E-state index >= 15 is 0 Å². The summed E-state index contributed by atoms with van der Waals surface area (Å²) >= 11 is 0. The van der Waals surface area contributed by atoms with E-state index in [4.69, 9.17) is 4.18 Å². The largest absolute Gasteiger partial charge is 0.297 e. The number of unbranched alkanes of at least 4 members (excludes halogenated alkanes) is 1. The summed E-state index contributed by atoms with van der Waals surface area (Å²) in [4.78, 5) is 0.299. The highest BCUT2D eigenvalue weighted by molar-refractivity contribution is 7.86. The van der Waals surface area contributed by atoms with Gasteiger partial charge in [0.25, 0.3) is 10.1 Å². The third-order valence-corrected chi connectivity index (χ3v) is 4.06. The van der Waals surface area contributed by atoms with Gasteiger partial charge in [0.15, 0.2) is 0 Å². The molecule has 0 saturated carbocycles. The lowest BCUT2D eigenvalue weighted by Gasteiger charge is -2.20. The Bertz CT molecular complexity index is 484. The second-order valence-corrected chi connectivity index (χ2v) is 6.88. The first-order valence-electron chi connectivity index (χ1n) is 6.30. The minimum absolute atomic E-state index is 0.299. The maximum atomic E-state index is 12.2. The molecule has 4 heteroatoms. The molecule has 1 rings (SSSR count). The van der Waals surface area contributed by atoms with Crippen LogP contribution in [0.25, 0.3) is 0 Å². The van der Waals surface area contributed by atoms with E-state index in [2.05, 4.69) is 6.92 Å². The van der Waals surface area contributed by atoms with Gasteiger partial charge in [0.2, 0.25) is 0 Å². The molecule has 0 fully saturated rings. The Morgan fingerprint density at radius 3 is 2.33 bits per heavy atom. The highest BCUT2D eigenvalue weighted by Gasteiger charge is 2.25. The van der Waals surface area contributed by atoms with Crippen LogP contribution < -0.4 is 0 Å². The van der Waals surface area contributed by atoms with Crippen molar-refractivity contribution in [3.63, 3.8) is 0 Å². The molecule has 0 aliphatic rings. The minimum Gasteiger partial charge on any atom is -0.261 e. The van der Waals surface area contributed by atoms with Crippen LogP contribution in [0.2, 0.25) is 0 Å². The van der Waals surface area contributed by atoms with Gasteiger partial charge in [0, 0.05) is 0 Å². The number of hydrogen-bond acceptors (Lipinski definition) is 3. The highest BCUT2D eigenvalue weighted by atomic mass is 32.2. The fourth-order valence-electron chi connectivity index (χ4n) is 1.70. The Balaban J connectivity index is 3.08. The third-order valence-electron chi connectivity index (χ3n) is 2.40. The zero-order chi connectivity index (χ0) is 13.8. The summed E-state index contributed by atoms with van der Waals surface area (Å²) in [6.45, 7) is 7.29. The van der Waals surface area contributed by atoms with Crippen molar-refractivity contribution in [2.24, 2.45) is 0 Å². The van der Waals surface area contributed by atoms with Crippen molar-refractivity contribution in [1.82, 2.24) is 0 Å². The van der Waals surface area contributed by atoms with Gasteiger partial charge in [0.1, 0.15) is 0 Å². The molecule has 0 aromatic heterocycles.